The Morgan fingerprint density at radius 3 is 2.32 bits per heavy atom. The van der Waals surface area contributed by atoms with Crippen molar-refractivity contribution < 1.29 is 9.53 Å². The molecule has 2 N–H and O–H groups in total. The number of urea groups is 1. The van der Waals surface area contributed by atoms with Crippen LogP contribution in [-0.2, 0) is 4.74 Å². The van der Waals surface area contributed by atoms with Crippen LogP contribution in [0.1, 0.15) is 64.2 Å². The molecule has 25 heavy (non-hydrogen) atoms. The van der Waals surface area contributed by atoms with E-state index in [-0.39, 0.29) is 11.5 Å². The SMILES string of the molecule is O=C(NC1NC2=C(COC=C2)S1)N(C1CCCCC1)C1CCCCC1. The van der Waals surface area contributed by atoms with Crippen LogP contribution in [0.5, 0.6) is 0 Å². The number of nitrogens with zero attached hydrogens (tertiary/aromatic N) is 1. The maximum atomic E-state index is 13.2. The second-order valence-corrected chi connectivity index (χ2v) is 8.73. The quantitative estimate of drug-likeness (QED) is 0.795. The Labute approximate surface area is 154 Å². The molecule has 2 fully saturated rings. The number of hydrogen-bond acceptors (Lipinski definition) is 4. The standard InChI is InChI=1S/C19H29N3O2S/c23-19(21-18-20-16-11-12-24-13-17(16)25-18)22(14-7-3-1-4-8-14)15-9-5-2-6-10-15/h11-12,14-15,18,20H,1-10,13H2,(H,21,23). The summed E-state index contributed by atoms with van der Waals surface area (Å²) in [6.07, 6.45) is 16.0. The van der Waals surface area contributed by atoms with E-state index >= 15 is 0 Å². The van der Waals surface area contributed by atoms with Crippen LogP contribution in [0, 0.1) is 0 Å². The third kappa shape index (κ3) is 3.94. The van der Waals surface area contributed by atoms with Crippen molar-refractivity contribution in [2.24, 2.45) is 0 Å². The van der Waals surface area contributed by atoms with Gasteiger partial charge in [-0.25, -0.2) is 4.79 Å². The summed E-state index contributed by atoms with van der Waals surface area (Å²) in [5.41, 5.74) is 1.00. The van der Waals surface area contributed by atoms with Crippen LogP contribution < -0.4 is 10.6 Å². The molecule has 2 heterocycles. The van der Waals surface area contributed by atoms with E-state index in [1.165, 1.54) is 69.1 Å². The van der Waals surface area contributed by atoms with Gasteiger partial charge in [-0.05, 0) is 31.8 Å². The number of amides is 2. The summed E-state index contributed by atoms with van der Waals surface area (Å²) >= 11 is 1.67. The molecule has 2 saturated carbocycles. The van der Waals surface area contributed by atoms with Gasteiger partial charge in [0.05, 0.1) is 12.0 Å². The fourth-order valence-electron chi connectivity index (χ4n) is 4.55. The van der Waals surface area contributed by atoms with Crippen molar-refractivity contribution in [3.05, 3.63) is 22.9 Å². The van der Waals surface area contributed by atoms with E-state index in [1.807, 2.05) is 6.08 Å². The summed E-state index contributed by atoms with van der Waals surface area (Å²) < 4.78 is 5.35. The molecule has 5 nitrogen and oxygen atoms in total. The van der Waals surface area contributed by atoms with Crippen molar-refractivity contribution in [2.75, 3.05) is 6.61 Å². The number of hydrogen-bond donors (Lipinski definition) is 2. The van der Waals surface area contributed by atoms with E-state index in [0.717, 1.165) is 5.70 Å². The first-order chi connectivity index (χ1) is 12.3. The fourth-order valence-corrected chi connectivity index (χ4v) is 5.57. The average molecular weight is 364 g/mol. The predicted octanol–water partition coefficient (Wildman–Crippen LogP) is 4.04. The van der Waals surface area contributed by atoms with Crippen molar-refractivity contribution in [3.63, 3.8) is 0 Å². The molecule has 4 rings (SSSR count). The minimum atomic E-state index is -0.0847. The largest absolute Gasteiger partial charge is 0.496 e. The highest BCUT2D eigenvalue weighted by molar-refractivity contribution is 8.03. The summed E-state index contributed by atoms with van der Waals surface area (Å²) in [7, 11) is 0. The van der Waals surface area contributed by atoms with Crippen LogP contribution in [-0.4, -0.2) is 35.1 Å². The molecule has 6 heteroatoms. The van der Waals surface area contributed by atoms with Crippen LogP contribution in [0.3, 0.4) is 0 Å². The van der Waals surface area contributed by atoms with Crippen LogP contribution in [0.4, 0.5) is 4.79 Å². The molecular formula is C19H29N3O2S. The van der Waals surface area contributed by atoms with Crippen molar-refractivity contribution in [3.8, 4) is 0 Å². The molecule has 138 valence electrons. The van der Waals surface area contributed by atoms with Gasteiger partial charge in [0, 0.05) is 17.0 Å². The molecule has 1 unspecified atom stereocenters. The van der Waals surface area contributed by atoms with Crippen LogP contribution in [0.2, 0.25) is 0 Å². The number of carbonyl (C=O) groups excluding carboxylic acids is 1. The molecule has 4 aliphatic rings. The molecule has 0 radical (unpaired) electrons. The number of rotatable bonds is 3. The number of ether oxygens (including phenoxy) is 1. The molecule has 2 aliphatic heterocycles. The minimum Gasteiger partial charge on any atom is -0.496 e. The van der Waals surface area contributed by atoms with E-state index in [4.69, 9.17) is 4.74 Å². The number of thioether (sulfide) groups is 1. The highest BCUT2D eigenvalue weighted by atomic mass is 32.2. The van der Waals surface area contributed by atoms with Crippen LogP contribution in [0.15, 0.2) is 22.9 Å². The van der Waals surface area contributed by atoms with E-state index in [0.29, 0.717) is 18.7 Å². The molecular weight excluding hydrogens is 334 g/mol. The molecule has 0 spiro atoms. The second-order valence-electron chi connectivity index (χ2n) is 7.53. The third-order valence-corrected chi connectivity index (χ3v) is 6.91. The lowest BCUT2D eigenvalue weighted by atomic mass is 9.89. The molecule has 1 atom stereocenters. The van der Waals surface area contributed by atoms with Crippen LogP contribution >= 0.6 is 11.8 Å². The van der Waals surface area contributed by atoms with Gasteiger partial charge in [0.2, 0.25) is 0 Å². The molecule has 0 aromatic carbocycles. The lowest BCUT2D eigenvalue weighted by Gasteiger charge is -2.42. The molecule has 0 aromatic rings. The summed E-state index contributed by atoms with van der Waals surface area (Å²) in [5, 5.41) is 6.64. The average Bonchev–Trinajstić information content (AvgIpc) is 3.06. The van der Waals surface area contributed by atoms with Gasteiger partial charge in [-0.3, -0.25) is 0 Å². The zero-order chi connectivity index (χ0) is 17.1. The number of carbonyl (C=O) groups is 1. The van der Waals surface area contributed by atoms with Crippen molar-refractivity contribution in [1.82, 2.24) is 15.5 Å². The Bertz CT molecular complexity index is 533. The van der Waals surface area contributed by atoms with Gasteiger partial charge in [-0.2, -0.15) is 0 Å². The predicted molar refractivity (Wildman–Crippen MR) is 101 cm³/mol. The van der Waals surface area contributed by atoms with Gasteiger partial charge in [-0.1, -0.05) is 50.3 Å². The van der Waals surface area contributed by atoms with E-state index < -0.39 is 0 Å². The maximum absolute atomic E-state index is 13.2. The smallest absolute Gasteiger partial charge is 0.320 e. The third-order valence-electron chi connectivity index (χ3n) is 5.82. The summed E-state index contributed by atoms with van der Waals surface area (Å²) in [6.45, 7) is 0.602. The zero-order valence-corrected chi connectivity index (χ0v) is 15.7. The summed E-state index contributed by atoms with van der Waals surface area (Å²) in [5.74, 6) is 0. The van der Waals surface area contributed by atoms with Gasteiger partial charge in [-0.15, -0.1) is 0 Å². The topological polar surface area (TPSA) is 53.6 Å². The Morgan fingerprint density at radius 1 is 1.08 bits per heavy atom. The first-order valence-electron chi connectivity index (χ1n) is 9.84. The Hall–Kier alpha value is -1.30. The van der Waals surface area contributed by atoms with Gasteiger partial charge in [0.15, 0.2) is 5.50 Å². The zero-order valence-electron chi connectivity index (χ0n) is 14.8. The molecule has 0 bridgehead atoms. The van der Waals surface area contributed by atoms with Crippen molar-refractivity contribution >= 4 is 17.8 Å². The van der Waals surface area contributed by atoms with Gasteiger partial charge in [0.25, 0.3) is 0 Å². The maximum Gasteiger partial charge on any atom is 0.320 e. The minimum absolute atomic E-state index is 0.0847. The molecule has 0 aromatic heterocycles. The fraction of sp³-hybridized carbons (Fsp3) is 0.737. The van der Waals surface area contributed by atoms with E-state index in [1.54, 1.807) is 18.0 Å². The molecule has 2 amide bonds. The monoisotopic (exact) mass is 363 g/mol. The highest BCUT2D eigenvalue weighted by Gasteiger charge is 2.35. The molecule has 2 aliphatic carbocycles. The van der Waals surface area contributed by atoms with Gasteiger partial charge >= 0.3 is 6.03 Å². The second kappa shape index (κ2) is 7.94. The Morgan fingerprint density at radius 2 is 1.72 bits per heavy atom. The van der Waals surface area contributed by atoms with E-state index in [9.17, 15) is 4.79 Å². The lowest BCUT2D eigenvalue weighted by Crippen LogP contribution is -2.55. The first-order valence-corrected chi connectivity index (χ1v) is 10.7. The number of nitrogens with one attached hydrogen (secondary N) is 2. The van der Waals surface area contributed by atoms with Crippen molar-refractivity contribution in [2.45, 2.75) is 81.8 Å². The Kier molecular flexibility index (Phi) is 5.44. The highest BCUT2D eigenvalue weighted by Crippen LogP contribution is 2.33. The first kappa shape index (κ1) is 17.1. The van der Waals surface area contributed by atoms with Gasteiger partial charge in [0.1, 0.15) is 6.61 Å². The number of allylic oxidation sites excluding steroid dienone is 1. The van der Waals surface area contributed by atoms with Crippen LogP contribution in [0.25, 0.3) is 0 Å². The Balaban J connectivity index is 1.41. The van der Waals surface area contributed by atoms with E-state index in [2.05, 4.69) is 15.5 Å². The molecule has 0 saturated heterocycles. The van der Waals surface area contributed by atoms with Gasteiger partial charge < -0.3 is 20.3 Å². The summed E-state index contributed by atoms with van der Waals surface area (Å²) in [6, 6.07) is 0.969. The van der Waals surface area contributed by atoms with Crippen molar-refractivity contribution in [1.29, 1.82) is 0 Å². The normalized spacial score (nSPS) is 27.4. The summed E-state index contributed by atoms with van der Waals surface area (Å²) in [4.78, 5) is 16.6. The lowest BCUT2D eigenvalue weighted by molar-refractivity contribution is 0.104.